The summed E-state index contributed by atoms with van der Waals surface area (Å²) in [6, 6.07) is 81.3. The molecule has 0 unspecified atom stereocenters. The molecule has 0 amide bonds. The van der Waals surface area contributed by atoms with Crippen LogP contribution in [-0.4, -0.2) is 16.7 Å². The van der Waals surface area contributed by atoms with Crippen molar-refractivity contribution < 1.29 is 0 Å². The monoisotopic (exact) mass is 802 g/mol. The van der Waals surface area contributed by atoms with Crippen molar-refractivity contribution in [1.29, 1.82) is 0 Å². The normalized spacial score (nSPS) is 12.3. The highest BCUT2D eigenvalue weighted by Crippen LogP contribution is 2.48. The molecule has 0 spiro atoms. The number of aromatic nitrogens is 2. The van der Waals surface area contributed by atoms with Crippen molar-refractivity contribution in [3.8, 4) is 55.9 Å². The van der Waals surface area contributed by atoms with E-state index >= 15 is 0 Å². The van der Waals surface area contributed by atoms with Gasteiger partial charge in [-0.3, -0.25) is 0 Å². The van der Waals surface area contributed by atoms with Crippen molar-refractivity contribution in [2.75, 3.05) is 9.80 Å². The molecule has 0 aliphatic carbocycles. The van der Waals surface area contributed by atoms with Crippen molar-refractivity contribution >= 4 is 57.2 Å². The van der Waals surface area contributed by atoms with E-state index in [1.54, 1.807) is 0 Å². The maximum Gasteiger partial charge on any atom is 0.252 e. The van der Waals surface area contributed by atoms with Crippen LogP contribution in [0.3, 0.4) is 0 Å². The van der Waals surface area contributed by atoms with Crippen LogP contribution < -0.4 is 26.2 Å². The van der Waals surface area contributed by atoms with Gasteiger partial charge in [-0.2, -0.15) is 0 Å². The lowest BCUT2D eigenvalue weighted by Gasteiger charge is -2.44. The van der Waals surface area contributed by atoms with Gasteiger partial charge in [0.1, 0.15) is 0 Å². The first kappa shape index (κ1) is 36.6. The average Bonchev–Trinajstić information content (AvgIpc) is 3.37. The largest absolute Gasteiger partial charge is 0.311 e. The summed E-state index contributed by atoms with van der Waals surface area (Å²) in [6.07, 6.45) is 3.67. The first-order valence-corrected chi connectivity index (χ1v) is 21.5. The van der Waals surface area contributed by atoms with E-state index in [-0.39, 0.29) is 6.71 Å². The molecular formula is C58H39BN4. The highest BCUT2D eigenvalue weighted by Gasteiger charge is 2.43. The molecular weight excluding hydrogens is 763 g/mol. The number of para-hydroxylation sites is 2. The number of anilines is 6. The molecule has 0 bridgehead atoms. The molecule has 0 fully saturated rings. The molecule has 9 aromatic carbocycles. The Morgan fingerprint density at radius 1 is 0.286 bits per heavy atom. The van der Waals surface area contributed by atoms with Crippen LogP contribution in [0, 0.1) is 0 Å². The topological polar surface area (TPSA) is 32.3 Å². The lowest BCUT2D eigenvalue weighted by molar-refractivity contribution is 1.17. The lowest BCUT2D eigenvalue weighted by Crippen LogP contribution is -2.61. The van der Waals surface area contributed by atoms with E-state index < -0.39 is 0 Å². The molecule has 294 valence electrons. The SMILES string of the molecule is c1ccc(-c2cc(-c3ccccc3)cc(N3c4ccccc4B4c5ccccc5N(c5cc(-c6ccccc6)cc(-c6ccccc6)c5)c5cc(-c6ncccn6)cc3c54)c2)cc1. The number of benzene rings is 9. The van der Waals surface area contributed by atoms with E-state index in [1.165, 1.54) is 38.6 Å². The maximum atomic E-state index is 4.86. The molecule has 0 radical (unpaired) electrons. The lowest BCUT2D eigenvalue weighted by atomic mass is 9.33. The highest BCUT2D eigenvalue weighted by molar-refractivity contribution is 7.00. The molecule has 1 aromatic heterocycles. The highest BCUT2D eigenvalue weighted by atomic mass is 15.2. The van der Waals surface area contributed by atoms with Crippen LogP contribution in [-0.2, 0) is 0 Å². The van der Waals surface area contributed by atoms with Crippen molar-refractivity contribution in [3.05, 3.63) is 237 Å². The molecule has 0 atom stereocenters. The summed E-state index contributed by atoms with van der Waals surface area (Å²) in [4.78, 5) is 14.7. The Balaban J connectivity index is 1.17. The molecule has 5 heteroatoms. The van der Waals surface area contributed by atoms with Crippen LogP contribution in [0.4, 0.5) is 34.1 Å². The summed E-state index contributed by atoms with van der Waals surface area (Å²) >= 11 is 0. The smallest absolute Gasteiger partial charge is 0.252 e. The van der Waals surface area contributed by atoms with Crippen molar-refractivity contribution in [2.45, 2.75) is 0 Å². The van der Waals surface area contributed by atoms with Gasteiger partial charge in [-0.25, -0.2) is 9.97 Å². The molecule has 4 nitrogen and oxygen atoms in total. The third kappa shape index (κ3) is 6.41. The van der Waals surface area contributed by atoms with Crippen LogP contribution in [0.15, 0.2) is 237 Å². The molecule has 10 aromatic rings. The minimum absolute atomic E-state index is 0.0301. The second-order valence-electron chi connectivity index (χ2n) is 16.2. The molecule has 2 aliphatic rings. The van der Waals surface area contributed by atoms with Gasteiger partial charge in [-0.05, 0) is 128 Å². The van der Waals surface area contributed by atoms with Gasteiger partial charge < -0.3 is 9.80 Å². The summed E-state index contributed by atoms with van der Waals surface area (Å²) in [5.41, 5.74) is 20.7. The van der Waals surface area contributed by atoms with E-state index in [0.717, 1.165) is 61.9 Å². The number of hydrogen-bond acceptors (Lipinski definition) is 4. The van der Waals surface area contributed by atoms with Crippen LogP contribution in [0.2, 0.25) is 0 Å². The van der Waals surface area contributed by atoms with E-state index in [0.29, 0.717) is 5.82 Å². The first-order chi connectivity index (χ1) is 31.2. The summed E-state index contributed by atoms with van der Waals surface area (Å²) in [5, 5.41) is 0. The molecule has 2 aliphatic heterocycles. The Morgan fingerprint density at radius 2 is 0.635 bits per heavy atom. The van der Waals surface area contributed by atoms with Crippen LogP contribution in [0.5, 0.6) is 0 Å². The summed E-state index contributed by atoms with van der Waals surface area (Å²) in [7, 11) is 0. The quantitative estimate of drug-likeness (QED) is 0.150. The predicted molar refractivity (Wildman–Crippen MR) is 263 cm³/mol. The van der Waals surface area contributed by atoms with Gasteiger partial charge >= 0.3 is 0 Å². The average molecular weight is 803 g/mol. The van der Waals surface area contributed by atoms with Gasteiger partial charge in [0.2, 0.25) is 0 Å². The molecule has 0 N–H and O–H groups in total. The molecule has 3 heterocycles. The Labute approximate surface area is 368 Å². The fourth-order valence-corrected chi connectivity index (χ4v) is 9.70. The van der Waals surface area contributed by atoms with Crippen molar-refractivity contribution in [2.24, 2.45) is 0 Å². The number of hydrogen-bond donors (Lipinski definition) is 0. The Hall–Kier alpha value is -8.28. The molecule has 12 rings (SSSR count). The van der Waals surface area contributed by atoms with E-state index in [9.17, 15) is 0 Å². The summed E-state index contributed by atoms with van der Waals surface area (Å²) < 4.78 is 0. The van der Waals surface area contributed by atoms with Gasteiger partial charge in [0.05, 0.1) is 0 Å². The van der Waals surface area contributed by atoms with Gasteiger partial charge in [0.15, 0.2) is 5.82 Å². The van der Waals surface area contributed by atoms with Gasteiger partial charge in [0, 0.05) is 52.1 Å². The first-order valence-electron chi connectivity index (χ1n) is 21.5. The third-order valence-corrected chi connectivity index (χ3v) is 12.5. The summed E-state index contributed by atoms with van der Waals surface area (Å²) in [6.45, 7) is -0.0301. The Bertz CT molecular complexity index is 2970. The van der Waals surface area contributed by atoms with Crippen molar-refractivity contribution in [1.82, 2.24) is 9.97 Å². The number of rotatable bonds is 7. The fourth-order valence-electron chi connectivity index (χ4n) is 9.70. The zero-order valence-electron chi connectivity index (χ0n) is 34.4. The zero-order valence-corrected chi connectivity index (χ0v) is 34.4. The third-order valence-electron chi connectivity index (χ3n) is 12.5. The molecule has 63 heavy (non-hydrogen) atoms. The van der Waals surface area contributed by atoms with Gasteiger partial charge in [0.25, 0.3) is 6.71 Å². The second-order valence-corrected chi connectivity index (χ2v) is 16.2. The minimum Gasteiger partial charge on any atom is -0.311 e. The number of fused-ring (bicyclic) bond motifs is 4. The van der Waals surface area contributed by atoms with Crippen LogP contribution >= 0.6 is 0 Å². The minimum atomic E-state index is -0.0301. The Morgan fingerprint density at radius 3 is 1.02 bits per heavy atom. The standard InChI is InChI=1S/C58H39BN4/c1-5-18-40(19-6-1)44-32-45(41-20-7-2-8-21-41)35-49(34-44)62-53-28-15-13-26-51(53)59-52-27-14-16-29-54(52)63(56-39-48(38-55(62)57(56)59)58-60-30-17-31-61-58)50-36-46(42-22-9-3-10-23-42)33-47(37-50)43-24-11-4-12-25-43/h1-39H. The van der Waals surface area contributed by atoms with E-state index in [1.807, 2.05) is 18.5 Å². The van der Waals surface area contributed by atoms with E-state index in [4.69, 9.17) is 9.97 Å². The van der Waals surface area contributed by atoms with Gasteiger partial charge in [-0.15, -0.1) is 0 Å². The second kappa shape index (κ2) is 15.3. The number of nitrogens with zero attached hydrogens (tertiary/aromatic N) is 4. The molecule has 0 saturated heterocycles. The van der Waals surface area contributed by atoms with E-state index in [2.05, 4.69) is 228 Å². The Kier molecular flexibility index (Phi) is 8.89. The van der Waals surface area contributed by atoms with Crippen LogP contribution in [0.1, 0.15) is 0 Å². The van der Waals surface area contributed by atoms with Gasteiger partial charge in [-0.1, -0.05) is 158 Å². The summed E-state index contributed by atoms with van der Waals surface area (Å²) in [5.74, 6) is 0.678. The maximum absolute atomic E-state index is 4.86. The van der Waals surface area contributed by atoms with Crippen molar-refractivity contribution in [3.63, 3.8) is 0 Å². The van der Waals surface area contributed by atoms with Crippen LogP contribution in [0.25, 0.3) is 55.9 Å². The zero-order chi connectivity index (χ0) is 41.7. The predicted octanol–water partition coefficient (Wildman–Crippen LogP) is 12.9. The fraction of sp³-hybridized carbons (Fsp3) is 0. The molecule has 0 saturated carbocycles.